The van der Waals surface area contributed by atoms with Crippen LogP contribution >= 0.6 is 0 Å². The number of carbonyl (C=O) groups excluding carboxylic acids is 1. The van der Waals surface area contributed by atoms with E-state index in [0.717, 1.165) is 43.9 Å². The summed E-state index contributed by atoms with van der Waals surface area (Å²) in [5, 5.41) is 5.92. The van der Waals surface area contributed by atoms with Crippen molar-refractivity contribution in [3.05, 3.63) is 65.2 Å². The second kappa shape index (κ2) is 9.06. The average molecular weight is 373 g/mol. The molecule has 0 saturated carbocycles. The maximum atomic E-state index is 13.7. The summed E-state index contributed by atoms with van der Waals surface area (Å²) < 4.78 is 26.7. The summed E-state index contributed by atoms with van der Waals surface area (Å²) in [6, 6.07) is 10.4. The minimum atomic E-state index is -0.791. The van der Waals surface area contributed by atoms with Gasteiger partial charge in [-0.2, -0.15) is 0 Å². The third-order valence-corrected chi connectivity index (χ3v) is 4.79. The largest absolute Gasteiger partial charge is 0.319 e. The van der Waals surface area contributed by atoms with Crippen LogP contribution in [-0.2, 0) is 6.54 Å². The smallest absolute Gasteiger partial charge is 0.255 e. The van der Waals surface area contributed by atoms with Gasteiger partial charge in [0.15, 0.2) is 0 Å². The van der Waals surface area contributed by atoms with Gasteiger partial charge in [-0.15, -0.1) is 0 Å². The van der Waals surface area contributed by atoms with Gasteiger partial charge in [-0.25, -0.2) is 8.78 Å². The van der Waals surface area contributed by atoms with E-state index < -0.39 is 17.5 Å². The predicted molar refractivity (Wildman–Crippen MR) is 103 cm³/mol. The fourth-order valence-electron chi connectivity index (χ4n) is 3.49. The lowest BCUT2D eigenvalue weighted by Gasteiger charge is -2.27. The topological polar surface area (TPSA) is 44.4 Å². The van der Waals surface area contributed by atoms with Crippen LogP contribution in [0.3, 0.4) is 0 Å². The SMILES string of the molecule is CN(Cc1cccc(C(=O)Nc2ccc(F)cc2F)c1)C[C@@H]1CCCNC1. The molecule has 144 valence electrons. The number of benzene rings is 2. The Balaban J connectivity index is 1.61. The van der Waals surface area contributed by atoms with Crippen LogP contribution in [0.15, 0.2) is 42.5 Å². The van der Waals surface area contributed by atoms with Crippen molar-refractivity contribution in [1.29, 1.82) is 0 Å². The van der Waals surface area contributed by atoms with Crippen LogP contribution in [0, 0.1) is 17.6 Å². The van der Waals surface area contributed by atoms with Gasteiger partial charge < -0.3 is 15.5 Å². The molecule has 0 unspecified atom stereocenters. The van der Waals surface area contributed by atoms with E-state index in [2.05, 4.69) is 22.6 Å². The minimum Gasteiger partial charge on any atom is -0.319 e. The molecule has 1 saturated heterocycles. The maximum absolute atomic E-state index is 13.7. The molecule has 0 bridgehead atoms. The molecule has 2 aromatic rings. The summed E-state index contributed by atoms with van der Waals surface area (Å²) >= 11 is 0. The normalized spacial score (nSPS) is 17.1. The van der Waals surface area contributed by atoms with Crippen LogP contribution in [0.4, 0.5) is 14.5 Å². The summed E-state index contributed by atoms with van der Waals surface area (Å²) in [5.74, 6) is -1.23. The van der Waals surface area contributed by atoms with Gasteiger partial charge in [0.05, 0.1) is 5.69 Å². The van der Waals surface area contributed by atoms with Crippen LogP contribution < -0.4 is 10.6 Å². The number of hydrogen-bond acceptors (Lipinski definition) is 3. The van der Waals surface area contributed by atoms with Gasteiger partial charge in [0.2, 0.25) is 0 Å². The van der Waals surface area contributed by atoms with E-state index in [4.69, 9.17) is 0 Å². The van der Waals surface area contributed by atoms with Crippen molar-refractivity contribution in [2.45, 2.75) is 19.4 Å². The summed E-state index contributed by atoms with van der Waals surface area (Å²) in [4.78, 5) is 14.7. The lowest BCUT2D eigenvalue weighted by molar-refractivity contribution is 0.102. The molecule has 2 N–H and O–H groups in total. The number of piperidine rings is 1. The molecule has 0 aromatic heterocycles. The first-order chi connectivity index (χ1) is 13.0. The van der Waals surface area contributed by atoms with E-state index in [1.54, 1.807) is 6.07 Å². The van der Waals surface area contributed by atoms with Gasteiger partial charge in [0, 0.05) is 24.7 Å². The molecule has 2 aromatic carbocycles. The van der Waals surface area contributed by atoms with E-state index in [1.165, 1.54) is 18.9 Å². The molecule has 1 aliphatic rings. The van der Waals surface area contributed by atoms with Crippen LogP contribution in [-0.4, -0.2) is 37.5 Å². The van der Waals surface area contributed by atoms with Gasteiger partial charge in [0.1, 0.15) is 11.6 Å². The molecule has 27 heavy (non-hydrogen) atoms. The molecule has 1 amide bonds. The second-order valence-corrected chi connectivity index (χ2v) is 7.19. The number of rotatable bonds is 6. The average Bonchev–Trinajstić information content (AvgIpc) is 2.65. The summed E-state index contributed by atoms with van der Waals surface area (Å²) in [5.41, 5.74) is 1.44. The third-order valence-electron chi connectivity index (χ3n) is 4.79. The molecule has 0 spiro atoms. The zero-order valence-corrected chi connectivity index (χ0v) is 15.5. The van der Waals surface area contributed by atoms with Gasteiger partial charge in [0.25, 0.3) is 5.91 Å². The Morgan fingerprint density at radius 1 is 1.26 bits per heavy atom. The van der Waals surface area contributed by atoms with E-state index in [0.29, 0.717) is 11.5 Å². The molecule has 1 fully saturated rings. The second-order valence-electron chi connectivity index (χ2n) is 7.19. The Morgan fingerprint density at radius 3 is 2.85 bits per heavy atom. The van der Waals surface area contributed by atoms with E-state index >= 15 is 0 Å². The highest BCUT2D eigenvalue weighted by Crippen LogP contribution is 2.17. The van der Waals surface area contributed by atoms with E-state index in [-0.39, 0.29) is 5.69 Å². The molecule has 0 aliphatic carbocycles. The fourth-order valence-corrected chi connectivity index (χ4v) is 3.49. The molecule has 4 nitrogen and oxygen atoms in total. The van der Waals surface area contributed by atoms with Crippen LogP contribution in [0.25, 0.3) is 0 Å². The Bertz CT molecular complexity index is 791. The number of anilines is 1. The predicted octanol–water partition coefficient (Wildman–Crippen LogP) is 3.65. The van der Waals surface area contributed by atoms with Gasteiger partial charge >= 0.3 is 0 Å². The Morgan fingerprint density at radius 2 is 2.11 bits per heavy atom. The lowest BCUT2D eigenvalue weighted by Crippen LogP contribution is -2.36. The number of hydrogen-bond donors (Lipinski definition) is 2. The first-order valence-electron chi connectivity index (χ1n) is 9.26. The molecule has 0 radical (unpaired) electrons. The molecule has 1 aliphatic heterocycles. The highest BCUT2D eigenvalue weighted by molar-refractivity contribution is 6.04. The number of nitrogens with zero attached hydrogens (tertiary/aromatic N) is 1. The third kappa shape index (κ3) is 5.58. The zero-order valence-electron chi connectivity index (χ0n) is 15.5. The standard InChI is InChI=1S/C21H25F2N3O/c1-26(14-16-5-3-9-24-12-16)13-15-4-2-6-17(10-15)21(27)25-20-8-7-18(22)11-19(20)23/h2,4,6-8,10-11,16,24H,3,5,9,12-14H2,1H3,(H,25,27)/t16-/m1/s1. The fraction of sp³-hybridized carbons (Fsp3) is 0.381. The van der Waals surface area contributed by atoms with Crippen molar-refractivity contribution < 1.29 is 13.6 Å². The van der Waals surface area contributed by atoms with Gasteiger partial charge in [-0.3, -0.25) is 4.79 Å². The highest BCUT2D eigenvalue weighted by Gasteiger charge is 2.16. The number of carbonyl (C=O) groups is 1. The number of halogens is 2. The van der Waals surface area contributed by atoms with E-state index in [1.807, 2.05) is 18.2 Å². The van der Waals surface area contributed by atoms with Crippen molar-refractivity contribution in [3.63, 3.8) is 0 Å². The minimum absolute atomic E-state index is 0.0336. The summed E-state index contributed by atoms with van der Waals surface area (Å²) in [6.45, 7) is 3.90. The molecule has 3 rings (SSSR count). The van der Waals surface area contributed by atoms with Crippen LogP contribution in [0.2, 0.25) is 0 Å². The monoisotopic (exact) mass is 373 g/mol. The quantitative estimate of drug-likeness (QED) is 0.812. The first kappa shape index (κ1) is 19.5. The zero-order chi connectivity index (χ0) is 19.2. The van der Waals surface area contributed by atoms with Crippen molar-refractivity contribution in [2.75, 3.05) is 32.0 Å². The number of nitrogens with one attached hydrogen (secondary N) is 2. The molecule has 6 heteroatoms. The molecular weight excluding hydrogens is 348 g/mol. The van der Waals surface area contributed by atoms with Crippen LogP contribution in [0.5, 0.6) is 0 Å². The molecule has 1 atom stereocenters. The van der Waals surface area contributed by atoms with Crippen molar-refractivity contribution in [1.82, 2.24) is 10.2 Å². The summed E-state index contributed by atoms with van der Waals surface area (Å²) in [6.07, 6.45) is 2.46. The Kier molecular flexibility index (Phi) is 6.53. The van der Waals surface area contributed by atoms with Crippen molar-refractivity contribution in [2.24, 2.45) is 5.92 Å². The van der Waals surface area contributed by atoms with E-state index in [9.17, 15) is 13.6 Å². The van der Waals surface area contributed by atoms with Gasteiger partial charge in [-0.05, 0) is 68.7 Å². The Labute approximate surface area is 158 Å². The first-order valence-corrected chi connectivity index (χ1v) is 9.26. The van der Waals surface area contributed by atoms with Crippen molar-refractivity contribution >= 4 is 11.6 Å². The summed E-state index contributed by atoms with van der Waals surface area (Å²) in [7, 11) is 2.08. The van der Waals surface area contributed by atoms with Gasteiger partial charge in [-0.1, -0.05) is 12.1 Å². The molecular formula is C21H25F2N3O. The number of amides is 1. The maximum Gasteiger partial charge on any atom is 0.255 e. The molecule has 1 heterocycles. The van der Waals surface area contributed by atoms with Crippen molar-refractivity contribution in [3.8, 4) is 0 Å². The lowest BCUT2D eigenvalue weighted by atomic mass is 9.99. The highest BCUT2D eigenvalue weighted by atomic mass is 19.1. The van der Waals surface area contributed by atoms with Crippen LogP contribution in [0.1, 0.15) is 28.8 Å². The Hall–Kier alpha value is -2.31.